The molecule has 0 amide bonds. The van der Waals surface area contributed by atoms with Gasteiger partial charge in [0.05, 0.1) is 12.4 Å². The van der Waals surface area contributed by atoms with Crippen molar-refractivity contribution < 1.29 is 0 Å². The summed E-state index contributed by atoms with van der Waals surface area (Å²) >= 11 is 3.85. The first-order valence-electron chi connectivity index (χ1n) is 5.81. The molecule has 94 valence electrons. The molecule has 1 unspecified atom stereocenters. The highest BCUT2D eigenvalue weighted by atomic mass is 127. The Hall–Kier alpha value is -0.890. The van der Waals surface area contributed by atoms with E-state index in [0.29, 0.717) is 9.39 Å². The van der Waals surface area contributed by atoms with Crippen molar-refractivity contribution in [3.63, 3.8) is 0 Å². The van der Waals surface area contributed by atoms with Gasteiger partial charge in [-0.1, -0.05) is 0 Å². The summed E-state index contributed by atoms with van der Waals surface area (Å²) in [6, 6.07) is 2.46. The smallest absolute Gasteiger partial charge is 0.266 e. The molecule has 4 nitrogen and oxygen atoms in total. The molecule has 2 heterocycles. The van der Waals surface area contributed by atoms with E-state index in [-0.39, 0.29) is 11.6 Å². The van der Waals surface area contributed by atoms with E-state index in [1.165, 1.54) is 29.6 Å². The van der Waals surface area contributed by atoms with Gasteiger partial charge < -0.3 is 10.3 Å². The Labute approximate surface area is 122 Å². The fraction of sp³-hybridized carbons (Fsp3) is 0.333. The molecule has 0 radical (unpaired) electrons. The summed E-state index contributed by atoms with van der Waals surface area (Å²) in [6.07, 6.45) is 4.90. The number of halogens is 1. The molecule has 6 heteroatoms. The zero-order valence-electron chi connectivity index (χ0n) is 9.57. The van der Waals surface area contributed by atoms with E-state index < -0.39 is 0 Å². The third-order valence-electron chi connectivity index (χ3n) is 3.16. The zero-order valence-corrected chi connectivity index (χ0v) is 12.5. The minimum absolute atomic E-state index is 0.0885. The molecule has 0 fully saturated rings. The number of hydrogen-bond donors (Lipinski definition) is 2. The second kappa shape index (κ2) is 5.00. The van der Waals surface area contributed by atoms with Gasteiger partial charge in [-0.3, -0.25) is 4.79 Å². The first-order valence-corrected chi connectivity index (χ1v) is 7.77. The molecular formula is C12H12IN3OS. The number of nitrogens with one attached hydrogen (secondary N) is 2. The van der Waals surface area contributed by atoms with Crippen LogP contribution in [-0.2, 0) is 6.42 Å². The second-order valence-corrected chi connectivity index (χ2v) is 6.36. The lowest BCUT2D eigenvalue weighted by Crippen LogP contribution is -2.20. The van der Waals surface area contributed by atoms with E-state index in [2.05, 4.69) is 26.7 Å². The molecule has 0 saturated heterocycles. The zero-order chi connectivity index (χ0) is 12.5. The van der Waals surface area contributed by atoms with E-state index in [1.807, 2.05) is 33.9 Å². The topological polar surface area (TPSA) is 57.8 Å². The molecule has 2 aromatic rings. The van der Waals surface area contributed by atoms with Gasteiger partial charge in [0, 0.05) is 4.88 Å². The summed E-state index contributed by atoms with van der Waals surface area (Å²) in [5, 5.41) is 5.54. The standard InChI is InChI=1S/C12H12IN3OS/c13-10-11(14-6-15-12(10)17)16-8-2-1-3-9-7(8)4-5-18-9/h4-6,8H,1-3H2,(H2,14,15,16,17). The Balaban J connectivity index is 1.91. The van der Waals surface area contributed by atoms with Gasteiger partial charge in [0.2, 0.25) is 0 Å². The lowest BCUT2D eigenvalue weighted by atomic mass is 9.94. The average molecular weight is 373 g/mol. The van der Waals surface area contributed by atoms with Crippen LogP contribution in [0, 0.1) is 3.57 Å². The van der Waals surface area contributed by atoms with Crippen molar-refractivity contribution in [2.24, 2.45) is 0 Å². The predicted octanol–water partition coefficient (Wildman–Crippen LogP) is 2.93. The number of fused-ring (bicyclic) bond motifs is 1. The third kappa shape index (κ3) is 2.18. The summed E-state index contributed by atoms with van der Waals surface area (Å²) in [6.45, 7) is 0. The molecule has 3 rings (SSSR count). The van der Waals surface area contributed by atoms with Crippen molar-refractivity contribution in [2.45, 2.75) is 25.3 Å². The lowest BCUT2D eigenvalue weighted by molar-refractivity contribution is 0.606. The van der Waals surface area contributed by atoms with E-state index in [4.69, 9.17) is 0 Å². The molecule has 1 aliphatic carbocycles. The highest BCUT2D eigenvalue weighted by Gasteiger charge is 2.22. The van der Waals surface area contributed by atoms with Gasteiger partial charge in [0.25, 0.3) is 5.56 Å². The third-order valence-corrected chi connectivity index (χ3v) is 5.16. The second-order valence-electron chi connectivity index (χ2n) is 4.28. The van der Waals surface area contributed by atoms with Crippen LogP contribution in [0.1, 0.15) is 29.3 Å². The van der Waals surface area contributed by atoms with Crippen LogP contribution in [0.4, 0.5) is 5.82 Å². The van der Waals surface area contributed by atoms with Crippen LogP contribution in [0.5, 0.6) is 0 Å². The van der Waals surface area contributed by atoms with E-state index in [0.717, 1.165) is 6.42 Å². The highest BCUT2D eigenvalue weighted by molar-refractivity contribution is 14.1. The summed E-state index contributed by atoms with van der Waals surface area (Å²) in [5.41, 5.74) is 1.28. The average Bonchev–Trinajstić information content (AvgIpc) is 2.84. The van der Waals surface area contributed by atoms with Crippen LogP contribution < -0.4 is 10.9 Å². The Kier molecular flexibility index (Phi) is 3.38. The summed E-state index contributed by atoms with van der Waals surface area (Å²) in [7, 11) is 0. The van der Waals surface area contributed by atoms with Gasteiger partial charge in [0.15, 0.2) is 0 Å². The largest absolute Gasteiger partial charge is 0.362 e. The monoisotopic (exact) mass is 373 g/mol. The summed E-state index contributed by atoms with van der Waals surface area (Å²) < 4.78 is 0.623. The van der Waals surface area contributed by atoms with E-state index in [1.54, 1.807) is 0 Å². The molecule has 0 spiro atoms. The predicted molar refractivity (Wildman–Crippen MR) is 81.2 cm³/mol. The van der Waals surface area contributed by atoms with Gasteiger partial charge in [0.1, 0.15) is 9.39 Å². The number of thiophene rings is 1. The molecule has 18 heavy (non-hydrogen) atoms. The van der Waals surface area contributed by atoms with Crippen molar-refractivity contribution in [1.82, 2.24) is 9.97 Å². The first-order chi connectivity index (χ1) is 8.75. The lowest BCUT2D eigenvalue weighted by Gasteiger charge is -2.24. The molecule has 0 aliphatic heterocycles. The Morgan fingerprint density at radius 2 is 2.44 bits per heavy atom. The van der Waals surface area contributed by atoms with Crippen molar-refractivity contribution in [3.8, 4) is 0 Å². The quantitative estimate of drug-likeness (QED) is 0.796. The van der Waals surface area contributed by atoms with Crippen LogP contribution in [0.2, 0.25) is 0 Å². The molecule has 0 bridgehead atoms. The van der Waals surface area contributed by atoms with Gasteiger partial charge in [-0.15, -0.1) is 11.3 Å². The number of anilines is 1. The Morgan fingerprint density at radius 1 is 1.56 bits per heavy atom. The molecule has 0 aromatic carbocycles. The maximum Gasteiger partial charge on any atom is 0.266 e. The van der Waals surface area contributed by atoms with Gasteiger partial charge >= 0.3 is 0 Å². The fourth-order valence-electron chi connectivity index (χ4n) is 2.29. The minimum atomic E-state index is -0.0885. The summed E-state index contributed by atoms with van der Waals surface area (Å²) in [4.78, 5) is 19.8. The van der Waals surface area contributed by atoms with Gasteiger partial charge in [-0.25, -0.2) is 4.98 Å². The fourth-order valence-corrected chi connectivity index (χ4v) is 3.72. The van der Waals surface area contributed by atoms with Crippen LogP contribution in [0.15, 0.2) is 22.6 Å². The normalized spacial score (nSPS) is 18.4. The van der Waals surface area contributed by atoms with Crippen molar-refractivity contribution in [1.29, 1.82) is 0 Å². The van der Waals surface area contributed by atoms with Crippen LogP contribution >= 0.6 is 33.9 Å². The number of aromatic amines is 1. The first kappa shape index (κ1) is 12.2. The van der Waals surface area contributed by atoms with Gasteiger partial charge in [-0.2, -0.15) is 0 Å². The van der Waals surface area contributed by atoms with Crippen LogP contribution in [-0.4, -0.2) is 9.97 Å². The number of aromatic nitrogens is 2. The molecule has 2 aromatic heterocycles. The van der Waals surface area contributed by atoms with Crippen molar-refractivity contribution in [2.75, 3.05) is 5.32 Å². The maximum atomic E-state index is 11.5. The maximum absolute atomic E-state index is 11.5. The molecular weight excluding hydrogens is 361 g/mol. The highest BCUT2D eigenvalue weighted by Crippen LogP contribution is 2.35. The number of hydrogen-bond acceptors (Lipinski definition) is 4. The number of aryl methyl sites for hydroxylation is 1. The number of rotatable bonds is 2. The number of nitrogens with zero attached hydrogens (tertiary/aromatic N) is 1. The Bertz CT molecular complexity index is 622. The SMILES string of the molecule is O=c1[nH]cnc(NC2CCCc3sccc32)c1I. The summed E-state index contributed by atoms with van der Waals surface area (Å²) in [5.74, 6) is 0.684. The molecule has 1 atom stereocenters. The molecule has 2 N–H and O–H groups in total. The van der Waals surface area contributed by atoms with E-state index in [9.17, 15) is 4.79 Å². The van der Waals surface area contributed by atoms with Crippen LogP contribution in [0.25, 0.3) is 0 Å². The molecule has 0 saturated carbocycles. The van der Waals surface area contributed by atoms with Crippen LogP contribution in [0.3, 0.4) is 0 Å². The Morgan fingerprint density at radius 3 is 3.33 bits per heavy atom. The minimum Gasteiger partial charge on any atom is -0.362 e. The number of H-pyrrole nitrogens is 1. The van der Waals surface area contributed by atoms with Crippen molar-refractivity contribution in [3.05, 3.63) is 42.1 Å². The van der Waals surface area contributed by atoms with Gasteiger partial charge in [-0.05, 0) is 58.9 Å². The van der Waals surface area contributed by atoms with E-state index >= 15 is 0 Å². The van der Waals surface area contributed by atoms with Crippen molar-refractivity contribution >= 4 is 39.7 Å². The molecule has 1 aliphatic rings.